The quantitative estimate of drug-likeness (QED) is 0.891. The van der Waals surface area contributed by atoms with Crippen LogP contribution in [0.15, 0.2) is 24.3 Å². The Morgan fingerprint density at radius 3 is 2.82 bits per heavy atom. The summed E-state index contributed by atoms with van der Waals surface area (Å²) in [6, 6.07) is 8.42. The van der Waals surface area contributed by atoms with Crippen molar-refractivity contribution in [3.8, 4) is 0 Å². The van der Waals surface area contributed by atoms with Gasteiger partial charge in [0, 0.05) is 32.8 Å². The van der Waals surface area contributed by atoms with E-state index in [0.717, 1.165) is 51.3 Å². The highest BCUT2D eigenvalue weighted by molar-refractivity contribution is 5.80. The fraction of sp³-hybridized carbons (Fsp3) is 0.588. The smallest absolute Gasteiger partial charge is 0.249 e. The summed E-state index contributed by atoms with van der Waals surface area (Å²) in [5.41, 5.74) is 2.42. The van der Waals surface area contributed by atoms with Gasteiger partial charge in [0.05, 0.1) is 13.2 Å². The lowest BCUT2D eigenvalue weighted by Crippen LogP contribution is -2.35. The molecule has 1 aromatic carbocycles. The van der Waals surface area contributed by atoms with Crippen LogP contribution in [-0.4, -0.2) is 49.8 Å². The predicted octanol–water partition coefficient (Wildman–Crippen LogP) is 1.31. The van der Waals surface area contributed by atoms with Gasteiger partial charge in [-0.2, -0.15) is 0 Å². The van der Waals surface area contributed by atoms with Gasteiger partial charge in [0.15, 0.2) is 0 Å². The maximum absolute atomic E-state index is 12.0. The molecule has 0 radical (unpaired) electrons. The Bertz CT molecular complexity index is 494. The van der Waals surface area contributed by atoms with E-state index in [1.807, 2.05) is 0 Å². The van der Waals surface area contributed by atoms with E-state index >= 15 is 0 Å². The molecule has 22 heavy (non-hydrogen) atoms. The Hall–Kier alpha value is -1.43. The van der Waals surface area contributed by atoms with Crippen LogP contribution in [-0.2, 0) is 27.4 Å². The second-order valence-electron chi connectivity index (χ2n) is 5.93. The third-order valence-electron chi connectivity index (χ3n) is 4.19. The third kappa shape index (κ3) is 4.29. The van der Waals surface area contributed by atoms with Gasteiger partial charge in [-0.1, -0.05) is 24.3 Å². The summed E-state index contributed by atoms with van der Waals surface area (Å²) in [6.07, 6.45) is 1.56. The minimum atomic E-state index is -0.253. The first-order chi connectivity index (χ1) is 10.8. The maximum atomic E-state index is 12.0. The first-order valence-corrected chi connectivity index (χ1v) is 8.08. The maximum Gasteiger partial charge on any atom is 0.249 e. The second kappa shape index (κ2) is 7.72. The Morgan fingerprint density at radius 2 is 2.05 bits per heavy atom. The van der Waals surface area contributed by atoms with E-state index in [9.17, 15) is 4.79 Å². The Balaban J connectivity index is 1.50. The Kier molecular flexibility index (Phi) is 5.43. The number of amides is 1. The molecule has 2 aliphatic heterocycles. The van der Waals surface area contributed by atoms with E-state index in [4.69, 9.17) is 9.47 Å². The van der Waals surface area contributed by atoms with Crippen molar-refractivity contribution in [3.63, 3.8) is 0 Å². The zero-order chi connectivity index (χ0) is 15.2. The molecule has 0 unspecified atom stereocenters. The molecule has 3 rings (SSSR count). The molecule has 0 bridgehead atoms. The van der Waals surface area contributed by atoms with Crippen LogP contribution >= 0.6 is 0 Å². The van der Waals surface area contributed by atoms with Gasteiger partial charge < -0.3 is 14.8 Å². The zero-order valence-corrected chi connectivity index (χ0v) is 12.9. The molecule has 1 atom stereocenters. The van der Waals surface area contributed by atoms with Gasteiger partial charge >= 0.3 is 0 Å². The lowest BCUT2D eigenvalue weighted by atomic mass is 10.1. The van der Waals surface area contributed by atoms with E-state index in [1.165, 1.54) is 5.56 Å². The summed E-state index contributed by atoms with van der Waals surface area (Å²) < 4.78 is 10.8. The van der Waals surface area contributed by atoms with Crippen LogP contribution in [0.25, 0.3) is 0 Å². The predicted molar refractivity (Wildman–Crippen MR) is 83.4 cm³/mol. The molecule has 2 fully saturated rings. The fourth-order valence-corrected chi connectivity index (χ4v) is 2.94. The van der Waals surface area contributed by atoms with Crippen LogP contribution in [0.3, 0.4) is 0 Å². The van der Waals surface area contributed by atoms with Gasteiger partial charge in [-0.25, -0.2) is 0 Å². The highest BCUT2D eigenvalue weighted by Gasteiger charge is 2.23. The number of hydrogen-bond acceptors (Lipinski definition) is 4. The van der Waals surface area contributed by atoms with E-state index in [1.54, 1.807) is 0 Å². The summed E-state index contributed by atoms with van der Waals surface area (Å²) in [4.78, 5) is 14.4. The van der Waals surface area contributed by atoms with E-state index in [-0.39, 0.29) is 12.0 Å². The van der Waals surface area contributed by atoms with Crippen molar-refractivity contribution in [2.45, 2.75) is 32.0 Å². The van der Waals surface area contributed by atoms with E-state index < -0.39 is 0 Å². The highest BCUT2D eigenvalue weighted by atomic mass is 16.5. The Labute approximate surface area is 131 Å². The van der Waals surface area contributed by atoms with Gasteiger partial charge in [0.25, 0.3) is 0 Å². The van der Waals surface area contributed by atoms with Gasteiger partial charge in [-0.05, 0) is 24.0 Å². The number of rotatable bonds is 5. The van der Waals surface area contributed by atoms with Crippen molar-refractivity contribution in [2.24, 2.45) is 0 Å². The first kappa shape index (κ1) is 15.5. The van der Waals surface area contributed by atoms with Crippen molar-refractivity contribution in [1.29, 1.82) is 0 Å². The van der Waals surface area contributed by atoms with Gasteiger partial charge in [0.2, 0.25) is 5.91 Å². The average Bonchev–Trinajstić information content (AvgIpc) is 3.08. The number of benzene rings is 1. The number of nitrogens with one attached hydrogen (secondary N) is 1. The number of carbonyl (C=O) groups excluding carboxylic acids is 1. The lowest BCUT2D eigenvalue weighted by molar-refractivity contribution is -0.130. The normalized spacial score (nSPS) is 22.6. The molecule has 5 nitrogen and oxygen atoms in total. The van der Waals surface area contributed by atoms with Crippen molar-refractivity contribution >= 4 is 5.91 Å². The van der Waals surface area contributed by atoms with Crippen LogP contribution in [0.5, 0.6) is 0 Å². The number of carbonyl (C=O) groups is 1. The minimum absolute atomic E-state index is 0.0103. The SMILES string of the molecule is O=C(NCc1cccc(CN2CCOCC2)c1)[C@H]1CCCO1. The molecule has 2 heterocycles. The number of nitrogens with zero attached hydrogens (tertiary/aromatic N) is 1. The topological polar surface area (TPSA) is 50.8 Å². The standard InChI is InChI=1S/C17H24N2O3/c20-17(16-5-2-8-22-16)18-12-14-3-1-4-15(11-14)13-19-6-9-21-10-7-19/h1,3-4,11,16H,2,5-10,12-13H2,(H,18,20)/t16-/m1/s1. The molecular formula is C17H24N2O3. The monoisotopic (exact) mass is 304 g/mol. The van der Waals surface area contributed by atoms with Crippen LogP contribution < -0.4 is 5.32 Å². The number of morpholine rings is 1. The number of ether oxygens (including phenoxy) is 2. The van der Waals surface area contributed by atoms with Gasteiger partial charge in [-0.15, -0.1) is 0 Å². The van der Waals surface area contributed by atoms with Crippen molar-refractivity contribution in [1.82, 2.24) is 10.2 Å². The van der Waals surface area contributed by atoms with E-state index in [2.05, 4.69) is 34.5 Å². The van der Waals surface area contributed by atoms with Crippen molar-refractivity contribution < 1.29 is 14.3 Å². The lowest BCUT2D eigenvalue weighted by Gasteiger charge is -2.26. The van der Waals surface area contributed by atoms with Crippen LogP contribution in [0, 0.1) is 0 Å². The molecule has 0 saturated carbocycles. The molecule has 120 valence electrons. The summed E-state index contributed by atoms with van der Waals surface area (Å²) in [7, 11) is 0. The minimum Gasteiger partial charge on any atom is -0.379 e. The summed E-state index contributed by atoms with van der Waals surface area (Å²) >= 11 is 0. The molecule has 1 aromatic rings. The Morgan fingerprint density at radius 1 is 1.23 bits per heavy atom. The van der Waals surface area contributed by atoms with Crippen LogP contribution in [0.1, 0.15) is 24.0 Å². The zero-order valence-electron chi connectivity index (χ0n) is 12.9. The highest BCUT2D eigenvalue weighted by Crippen LogP contribution is 2.13. The molecular weight excluding hydrogens is 280 g/mol. The molecule has 2 saturated heterocycles. The molecule has 0 spiro atoms. The van der Waals surface area contributed by atoms with Gasteiger partial charge in [-0.3, -0.25) is 9.69 Å². The van der Waals surface area contributed by atoms with Crippen LogP contribution in [0.2, 0.25) is 0 Å². The summed E-state index contributed by atoms with van der Waals surface area (Å²) in [5.74, 6) is 0.0103. The number of hydrogen-bond donors (Lipinski definition) is 1. The van der Waals surface area contributed by atoms with Crippen LogP contribution in [0.4, 0.5) is 0 Å². The van der Waals surface area contributed by atoms with Crippen molar-refractivity contribution in [3.05, 3.63) is 35.4 Å². The molecule has 1 amide bonds. The molecule has 0 aromatic heterocycles. The second-order valence-corrected chi connectivity index (χ2v) is 5.93. The third-order valence-corrected chi connectivity index (χ3v) is 4.19. The molecule has 5 heteroatoms. The summed E-state index contributed by atoms with van der Waals surface area (Å²) in [6.45, 7) is 5.81. The average molecular weight is 304 g/mol. The molecule has 1 N–H and O–H groups in total. The summed E-state index contributed by atoms with van der Waals surface area (Å²) in [5, 5.41) is 2.97. The first-order valence-electron chi connectivity index (χ1n) is 8.08. The van der Waals surface area contributed by atoms with Crippen molar-refractivity contribution in [2.75, 3.05) is 32.9 Å². The van der Waals surface area contributed by atoms with Gasteiger partial charge in [0.1, 0.15) is 6.10 Å². The molecule has 2 aliphatic rings. The fourth-order valence-electron chi connectivity index (χ4n) is 2.94. The van der Waals surface area contributed by atoms with E-state index in [0.29, 0.717) is 13.2 Å². The largest absolute Gasteiger partial charge is 0.379 e. The molecule has 0 aliphatic carbocycles.